The highest BCUT2D eigenvalue weighted by molar-refractivity contribution is 5.92. The van der Waals surface area contributed by atoms with Crippen molar-refractivity contribution >= 4 is 23.4 Å². The van der Waals surface area contributed by atoms with E-state index in [4.69, 9.17) is 0 Å². The zero-order valence-corrected chi connectivity index (χ0v) is 16.7. The summed E-state index contributed by atoms with van der Waals surface area (Å²) >= 11 is 0. The number of piperidine rings is 1. The fraction of sp³-hybridized carbons (Fsp3) is 0.391. The third-order valence-corrected chi connectivity index (χ3v) is 6.12. The highest BCUT2D eigenvalue weighted by Crippen LogP contribution is 2.30. The zero-order chi connectivity index (χ0) is 20.4. The molecular formula is C23H27N3O3. The molecule has 0 radical (unpaired) electrons. The van der Waals surface area contributed by atoms with Gasteiger partial charge < -0.3 is 20.2 Å². The molecule has 29 heavy (non-hydrogen) atoms. The summed E-state index contributed by atoms with van der Waals surface area (Å²) in [4.78, 5) is 28.6. The lowest BCUT2D eigenvalue weighted by molar-refractivity contribution is 0.0695. The van der Waals surface area contributed by atoms with Crippen LogP contribution < -0.4 is 10.2 Å². The Hall–Kier alpha value is -3.02. The van der Waals surface area contributed by atoms with Crippen LogP contribution in [0.25, 0.3) is 0 Å². The Labute approximate surface area is 171 Å². The number of nitrogens with one attached hydrogen (secondary N) is 1. The van der Waals surface area contributed by atoms with Crippen molar-refractivity contribution in [1.82, 2.24) is 4.90 Å². The lowest BCUT2D eigenvalue weighted by Crippen LogP contribution is -2.49. The Morgan fingerprint density at radius 1 is 1.10 bits per heavy atom. The van der Waals surface area contributed by atoms with E-state index in [0.29, 0.717) is 12.0 Å². The predicted molar refractivity (Wildman–Crippen MR) is 114 cm³/mol. The molecule has 0 saturated carbocycles. The van der Waals surface area contributed by atoms with Gasteiger partial charge in [-0.25, -0.2) is 9.59 Å². The van der Waals surface area contributed by atoms with Crippen molar-refractivity contribution in [3.63, 3.8) is 0 Å². The second-order valence-corrected chi connectivity index (χ2v) is 7.71. The van der Waals surface area contributed by atoms with Gasteiger partial charge in [-0.2, -0.15) is 0 Å². The fourth-order valence-corrected chi connectivity index (χ4v) is 4.60. The second kappa shape index (κ2) is 8.15. The van der Waals surface area contributed by atoms with Crippen molar-refractivity contribution in [2.24, 2.45) is 0 Å². The third-order valence-electron chi connectivity index (χ3n) is 6.12. The molecule has 6 heteroatoms. The van der Waals surface area contributed by atoms with E-state index in [1.165, 1.54) is 5.56 Å². The molecule has 2 aromatic rings. The summed E-state index contributed by atoms with van der Waals surface area (Å²) in [6.07, 6.45) is 3.30. The van der Waals surface area contributed by atoms with Crippen LogP contribution >= 0.6 is 0 Å². The van der Waals surface area contributed by atoms with Crippen LogP contribution in [0.3, 0.4) is 0 Å². The van der Waals surface area contributed by atoms with Crippen molar-refractivity contribution < 1.29 is 14.7 Å². The van der Waals surface area contributed by atoms with E-state index in [-0.39, 0.29) is 12.1 Å². The maximum Gasteiger partial charge on any atom is 0.336 e. The lowest BCUT2D eigenvalue weighted by Gasteiger charge is -2.39. The van der Waals surface area contributed by atoms with Gasteiger partial charge in [0, 0.05) is 37.1 Å². The Balaban J connectivity index is 1.46. The van der Waals surface area contributed by atoms with Gasteiger partial charge in [0.2, 0.25) is 0 Å². The van der Waals surface area contributed by atoms with Crippen molar-refractivity contribution in [3.05, 3.63) is 59.2 Å². The number of carboxylic acid groups (broad SMARTS) is 1. The standard InChI is InChI=1S/C23H27N3O3/c1-2-18-19(22(27)28)7-5-9-21(18)25-13-11-17(12-14-25)26-15-10-16-6-3-4-8-20(16)24-23(26)29/h3-9,17H,2,10-15H2,1H3,(H,24,29)(H,27,28). The van der Waals surface area contributed by atoms with Crippen LogP contribution in [-0.2, 0) is 12.8 Å². The van der Waals surface area contributed by atoms with Crippen molar-refractivity contribution in [2.45, 2.75) is 38.6 Å². The summed E-state index contributed by atoms with van der Waals surface area (Å²) in [7, 11) is 0. The second-order valence-electron chi connectivity index (χ2n) is 7.71. The summed E-state index contributed by atoms with van der Waals surface area (Å²) in [6.45, 7) is 4.36. The average molecular weight is 393 g/mol. The number of rotatable bonds is 4. The molecule has 0 bridgehead atoms. The number of fused-ring (bicyclic) bond motifs is 1. The molecule has 6 nitrogen and oxygen atoms in total. The average Bonchev–Trinajstić information content (AvgIpc) is 2.91. The number of urea groups is 1. The summed E-state index contributed by atoms with van der Waals surface area (Å²) in [5, 5.41) is 12.6. The quantitative estimate of drug-likeness (QED) is 0.823. The van der Waals surface area contributed by atoms with Crippen LogP contribution in [0.2, 0.25) is 0 Å². The zero-order valence-electron chi connectivity index (χ0n) is 16.7. The van der Waals surface area contributed by atoms with Gasteiger partial charge in [0.05, 0.1) is 5.56 Å². The number of para-hydroxylation sites is 1. The number of hydrogen-bond donors (Lipinski definition) is 2. The predicted octanol–water partition coefficient (Wildman–Crippen LogP) is 4.01. The van der Waals surface area contributed by atoms with Crippen LogP contribution in [0, 0.1) is 0 Å². The number of nitrogens with zero attached hydrogens (tertiary/aromatic N) is 2. The molecule has 2 amide bonds. The minimum absolute atomic E-state index is 0.0180. The maximum absolute atomic E-state index is 12.8. The number of carboxylic acids is 1. The number of hydrogen-bond acceptors (Lipinski definition) is 3. The number of amides is 2. The van der Waals surface area contributed by atoms with Gasteiger partial charge in [-0.1, -0.05) is 31.2 Å². The van der Waals surface area contributed by atoms with Crippen molar-refractivity contribution in [3.8, 4) is 0 Å². The Bertz CT molecular complexity index is 919. The number of benzene rings is 2. The highest BCUT2D eigenvalue weighted by atomic mass is 16.4. The monoisotopic (exact) mass is 393 g/mol. The molecule has 0 spiro atoms. The smallest absolute Gasteiger partial charge is 0.336 e. The summed E-state index contributed by atoms with van der Waals surface area (Å²) in [6, 6.07) is 13.7. The fourth-order valence-electron chi connectivity index (χ4n) is 4.60. The van der Waals surface area contributed by atoms with Gasteiger partial charge in [0.1, 0.15) is 0 Å². The Morgan fingerprint density at radius 2 is 1.86 bits per heavy atom. The SMILES string of the molecule is CCc1c(C(=O)O)cccc1N1CCC(N2CCc3ccccc3NC2=O)CC1. The van der Waals surface area contributed by atoms with Gasteiger partial charge in [-0.05, 0) is 55.0 Å². The first-order valence-electron chi connectivity index (χ1n) is 10.3. The van der Waals surface area contributed by atoms with Gasteiger partial charge in [0.15, 0.2) is 0 Å². The highest BCUT2D eigenvalue weighted by Gasteiger charge is 2.30. The number of aromatic carboxylic acids is 1. The molecule has 0 aliphatic carbocycles. The summed E-state index contributed by atoms with van der Waals surface area (Å²) in [5.74, 6) is -0.876. The van der Waals surface area contributed by atoms with Gasteiger partial charge in [0.25, 0.3) is 0 Å². The first-order valence-corrected chi connectivity index (χ1v) is 10.3. The van der Waals surface area contributed by atoms with Crippen LogP contribution in [-0.4, -0.2) is 47.7 Å². The van der Waals surface area contributed by atoms with Crippen LogP contribution in [0.15, 0.2) is 42.5 Å². The van der Waals surface area contributed by atoms with E-state index in [9.17, 15) is 14.7 Å². The summed E-state index contributed by atoms with van der Waals surface area (Å²) < 4.78 is 0. The van der Waals surface area contributed by atoms with Gasteiger partial charge in [-0.15, -0.1) is 0 Å². The Kier molecular flexibility index (Phi) is 5.43. The Morgan fingerprint density at radius 3 is 2.59 bits per heavy atom. The number of carbonyl (C=O) groups is 2. The third kappa shape index (κ3) is 3.79. The minimum atomic E-state index is -0.876. The molecule has 1 fully saturated rings. The topological polar surface area (TPSA) is 72.9 Å². The van der Waals surface area contributed by atoms with Crippen LogP contribution in [0.1, 0.15) is 41.3 Å². The largest absolute Gasteiger partial charge is 0.478 e. The molecule has 1 saturated heterocycles. The van der Waals surface area contributed by atoms with Crippen LogP contribution in [0.4, 0.5) is 16.2 Å². The van der Waals surface area contributed by atoms with E-state index < -0.39 is 5.97 Å². The van der Waals surface area contributed by atoms with E-state index in [2.05, 4.69) is 16.3 Å². The maximum atomic E-state index is 12.8. The van der Waals surface area contributed by atoms with Crippen LogP contribution in [0.5, 0.6) is 0 Å². The molecule has 0 atom stereocenters. The number of anilines is 2. The molecule has 0 unspecified atom stereocenters. The molecular weight excluding hydrogens is 366 g/mol. The van der Waals surface area contributed by atoms with Gasteiger partial charge in [-0.3, -0.25) is 0 Å². The first-order chi connectivity index (χ1) is 14.1. The van der Waals surface area contributed by atoms with Crippen molar-refractivity contribution in [1.29, 1.82) is 0 Å². The molecule has 152 valence electrons. The molecule has 2 N–H and O–H groups in total. The molecule has 2 aliphatic heterocycles. The van der Waals surface area contributed by atoms with E-state index >= 15 is 0 Å². The molecule has 2 heterocycles. The summed E-state index contributed by atoms with van der Waals surface area (Å²) in [5.41, 5.74) is 4.38. The van der Waals surface area contributed by atoms with Crippen molar-refractivity contribution in [2.75, 3.05) is 29.9 Å². The van der Waals surface area contributed by atoms with E-state index in [0.717, 1.165) is 55.8 Å². The number of carbonyl (C=O) groups excluding carboxylic acids is 1. The molecule has 4 rings (SSSR count). The lowest BCUT2D eigenvalue weighted by atomic mass is 9.98. The van der Waals surface area contributed by atoms with E-state index in [1.807, 2.05) is 42.2 Å². The van der Waals surface area contributed by atoms with Gasteiger partial charge >= 0.3 is 12.0 Å². The first kappa shape index (κ1) is 19.3. The normalized spacial score (nSPS) is 17.5. The molecule has 2 aromatic carbocycles. The molecule has 0 aromatic heterocycles. The minimum Gasteiger partial charge on any atom is -0.478 e. The molecule has 2 aliphatic rings. The van der Waals surface area contributed by atoms with E-state index in [1.54, 1.807) is 6.07 Å².